The van der Waals surface area contributed by atoms with Crippen molar-refractivity contribution in [3.63, 3.8) is 0 Å². The predicted molar refractivity (Wildman–Crippen MR) is 90.8 cm³/mol. The number of sulfone groups is 1. The van der Waals surface area contributed by atoms with E-state index in [9.17, 15) is 8.42 Å². The third-order valence-electron chi connectivity index (χ3n) is 3.73. The van der Waals surface area contributed by atoms with Crippen LogP contribution < -0.4 is 10.6 Å². The summed E-state index contributed by atoms with van der Waals surface area (Å²) in [5.41, 5.74) is 2.39. The molecule has 0 radical (unpaired) electrons. The zero-order chi connectivity index (χ0) is 16.0. The molecule has 2 rings (SSSR count). The predicted octanol–water partition coefficient (Wildman–Crippen LogP) is 1.48. The third-order valence-corrected chi connectivity index (χ3v) is 5.57. The lowest BCUT2D eigenvalue weighted by atomic mass is 10.1. The van der Waals surface area contributed by atoms with E-state index in [1.165, 1.54) is 11.1 Å². The molecule has 122 valence electrons. The molecule has 1 heterocycles. The van der Waals surface area contributed by atoms with E-state index in [4.69, 9.17) is 0 Å². The van der Waals surface area contributed by atoms with Crippen LogP contribution in [0.5, 0.6) is 0 Å². The number of rotatable bonds is 5. The molecular formula is C16H25N3O2S. The minimum Gasteiger partial charge on any atom is -0.357 e. The SMILES string of the molecule is CCNC(=NCc1cccc(C)c1)NCC1CCS(=O)(=O)C1. The van der Waals surface area contributed by atoms with Gasteiger partial charge in [-0.3, -0.25) is 0 Å². The van der Waals surface area contributed by atoms with Crippen LogP contribution in [0.4, 0.5) is 0 Å². The second-order valence-electron chi connectivity index (χ2n) is 5.83. The summed E-state index contributed by atoms with van der Waals surface area (Å²) in [5, 5.41) is 6.46. The van der Waals surface area contributed by atoms with E-state index in [0.717, 1.165) is 18.9 Å². The van der Waals surface area contributed by atoms with Gasteiger partial charge in [0.1, 0.15) is 0 Å². The van der Waals surface area contributed by atoms with Gasteiger partial charge in [-0.2, -0.15) is 0 Å². The summed E-state index contributed by atoms with van der Waals surface area (Å²) < 4.78 is 23.0. The van der Waals surface area contributed by atoms with Gasteiger partial charge in [-0.05, 0) is 31.7 Å². The van der Waals surface area contributed by atoms with Crippen LogP contribution in [0.3, 0.4) is 0 Å². The first-order valence-corrected chi connectivity index (χ1v) is 9.59. The first-order chi connectivity index (χ1) is 10.5. The Labute approximate surface area is 133 Å². The van der Waals surface area contributed by atoms with Crippen molar-refractivity contribution in [1.82, 2.24) is 10.6 Å². The van der Waals surface area contributed by atoms with Crippen LogP contribution in [-0.4, -0.2) is 39.0 Å². The van der Waals surface area contributed by atoms with Crippen LogP contribution in [0.15, 0.2) is 29.3 Å². The fraction of sp³-hybridized carbons (Fsp3) is 0.562. The van der Waals surface area contributed by atoms with Crippen molar-refractivity contribution in [3.05, 3.63) is 35.4 Å². The standard InChI is InChI=1S/C16H25N3O2S/c1-3-17-16(18-10-14-6-4-5-13(2)9-14)19-11-15-7-8-22(20,21)12-15/h4-6,9,15H,3,7-8,10-12H2,1-2H3,(H2,17,18,19). The van der Waals surface area contributed by atoms with Gasteiger partial charge in [0.25, 0.3) is 0 Å². The van der Waals surface area contributed by atoms with Crippen LogP contribution in [0.1, 0.15) is 24.5 Å². The van der Waals surface area contributed by atoms with Gasteiger partial charge >= 0.3 is 0 Å². The van der Waals surface area contributed by atoms with Gasteiger partial charge in [0.05, 0.1) is 18.1 Å². The molecule has 1 saturated heterocycles. The van der Waals surface area contributed by atoms with Gasteiger partial charge < -0.3 is 10.6 Å². The number of aryl methyl sites for hydroxylation is 1. The third kappa shape index (κ3) is 5.33. The first-order valence-electron chi connectivity index (χ1n) is 7.76. The van der Waals surface area contributed by atoms with Gasteiger partial charge in [0.15, 0.2) is 15.8 Å². The minimum atomic E-state index is -2.82. The van der Waals surface area contributed by atoms with E-state index < -0.39 is 9.84 Å². The molecule has 2 N–H and O–H groups in total. The maximum Gasteiger partial charge on any atom is 0.191 e. The van der Waals surface area contributed by atoms with Crippen molar-refractivity contribution in [2.75, 3.05) is 24.6 Å². The Morgan fingerprint density at radius 1 is 1.36 bits per heavy atom. The van der Waals surface area contributed by atoms with Crippen molar-refractivity contribution in [2.45, 2.75) is 26.8 Å². The summed E-state index contributed by atoms with van der Waals surface area (Å²) in [6.07, 6.45) is 0.743. The number of benzene rings is 1. The van der Waals surface area contributed by atoms with E-state index in [-0.39, 0.29) is 11.7 Å². The summed E-state index contributed by atoms with van der Waals surface area (Å²) in [4.78, 5) is 4.57. The number of hydrogen-bond donors (Lipinski definition) is 2. The van der Waals surface area contributed by atoms with E-state index >= 15 is 0 Å². The fourth-order valence-corrected chi connectivity index (χ4v) is 4.46. The number of hydrogen-bond acceptors (Lipinski definition) is 3. The number of nitrogens with zero attached hydrogens (tertiary/aromatic N) is 1. The summed E-state index contributed by atoms with van der Waals surface area (Å²) in [7, 11) is -2.82. The van der Waals surface area contributed by atoms with Crippen molar-refractivity contribution < 1.29 is 8.42 Å². The summed E-state index contributed by atoms with van der Waals surface area (Å²) in [6.45, 7) is 6.13. The highest BCUT2D eigenvalue weighted by molar-refractivity contribution is 7.91. The smallest absolute Gasteiger partial charge is 0.191 e. The average Bonchev–Trinajstić information content (AvgIpc) is 2.81. The second kappa shape index (κ2) is 7.63. The van der Waals surface area contributed by atoms with E-state index in [2.05, 4.69) is 40.7 Å². The molecule has 0 bridgehead atoms. The van der Waals surface area contributed by atoms with Crippen LogP contribution in [-0.2, 0) is 16.4 Å². The topological polar surface area (TPSA) is 70.6 Å². The molecule has 6 heteroatoms. The molecule has 1 aliphatic heterocycles. The van der Waals surface area contributed by atoms with Gasteiger partial charge in [-0.25, -0.2) is 13.4 Å². The lowest BCUT2D eigenvalue weighted by Crippen LogP contribution is -2.40. The van der Waals surface area contributed by atoms with Crippen molar-refractivity contribution in [1.29, 1.82) is 0 Å². The van der Waals surface area contributed by atoms with E-state index in [1.807, 2.05) is 13.0 Å². The van der Waals surface area contributed by atoms with Crippen LogP contribution in [0.25, 0.3) is 0 Å². The highest BCUT2D eigenvalue weighted by atomic mass is 32.2. The maximum atomic E-state index is 11.5. The molecule has 0 aromatic heterocycles. The zero-order valence-corrected chi connectivity index (χ0v) is 14.1. The fourth-order valence-electron chi connectivity index (χ4n) is 2.60. The molecule has 1 aromatic rings. The lowest BCUT2D eigenvalue weighted by Gasteiger charge is -2.14. The van der Waals surface area contributed by atoms with Crippen LogP contribution in [0, 0.1) is 12.8 Å². The van der Waals surface area contributed by atoms with Gasteiger partial charge in [0, 0.05) is 13.1 Å². The molecule has 22 heavy (non-hydrogen) atoms. The molecular weight excluding hydrogens is 298 g/mol. The molecule has 1 unspecified atom stereocenters. The molecule has 0 amide bonds. The molecule has 1 atom stereocenters. The molecule has 1 aromatic carbocycles. The van der Waals surface area contributed by atoms with E-state index in [1.54, 1.807) is 0 Å². The number of nitrogens with one attached hydrogen (secondary N) is 2. The average molecular weight is 323 g/mol. The van der Waals surface area contributed by atoms with Crippen molar-refractivity contribution in [2.24, 2.45) is 10.9 Å². The lowest BCUT2D eigenvalue weighted by molar-refractivity contribution is 0.567. The van der Waals surface area contributed by atoms with Gasteiger partial charge in [-0.1, -0.05) is 29.8 Å². The molecule has 0 saturated carbocycles. The Kier molecular flexibility index (Phi) is 5.83. The highest BCUT2D eigenvalue weighted by Crippen LogP contribution is 2.17. The minimum absolute atomic E-state index is 0.188. The van der Waals surface area contributed by atoms with E-state index in [0.29, 0.717) is 18.8 Å². The summed E-state index contributed by atoms with van der Waals surface area (Å²) >= 11 is 0. The molecule has 1 aliphatic rings. The molecule has 0 spiro atoms. The number of guanidine groups is 1. The summed E-state index contributed by atoms with van der Waals surface area (Å²) in [6, 6.07) is 8.28. The zero-order valence-electron chi connectivity index (χ0n) is 13.3. The van der Waals surface area contributed by atoms with Gasteiger partial charge in [0.2, 0.25) is 0 Å². The Morgan fingerprint density at radius 3 is 2.82 bits per heavy atom. The van der Waals surface area contributed by atoms with Gasteiger partial charge in [-0.15, -0.1) is 0 Å². The Balaban J connectivity index is 1.90. The maximum absolute atomic E-state index is 11.5. The monoisotopic (exact) mass is 323 g/mol. The Hall–Kier alpha value is -1.56. The summed E-state index contributed by atoms with van der Waals surface area (Å²) in [5.74, 6) is 1.54. The molecule has 5 nitrogen and oxygen atoms in total. The normalized spacial score (nSPS) is 20.8. The Bertz CT molecular complexity index is 626. The van der Waals surface area contributed by atoms with Crippen molar-refractivity contribution in [3.8, 4) is 0 Å². The van der Waals surface area contributed by atoms with Crippen LogP contribution in [0.2, 0.25) is 0 Å². The highest BCUT2D eigenvalue weighted by Gasteiger charge is 2.27. The largest absolute Gasteiger partial charge is 0.357 e. The number of aliphatic imine (C=N–C) groups is 1. The Morgan fingerprint density at radius 2 is 2.18 bits per heavy atom. The second-order valence-corrected chi connectivity index (χ2v) is 8.06. The first kappa shape index (κ1) is 16.8. The quantitative estimate of drug-likeness (QED) is 0.636. The molecule has 0 aliphatic carbocycles. The molecule has 1 fully saturated rings. The van der Waals surface area contributed by atoms with Crippen molar-refractivity contribution >= 4 is 15.8 Å². The van der Waals surface area contributed by atoms with Crippen LogP contribution >= 0.6 is 0 Å².